The van der Waals surface area contributed by atoms with Crippen LogP contribution in [0.4, 0.5) is 0 Å². The first-order valence-corrected chi connectivity index (χ1v) is 9.39. The topological polar surface area (TPSA) is 15.3 Å². The van der Waals surface area contributed by atoms with Crippen molar-refractivity contribution in [2.75, 3.05) is 20.6 Å². The lowest BCUT2D eigenvalue weighted by atomic mass is 9.70. The summed E-state index contributed by atoms with van der Waals surface area (Å²) in [5.41, 5.74) is 0.338. The van der Waals surface area contributed by atoms with Gasteiger partial charge in [0.2, 0.25) is 0 Å². The molecule has 120 valence electrons. The van der Waals surface area contributed by atoms with Gasteiger partial charge in [-0.15, -0.1) is 11.3 Å². The SMILES string of the molecule is CCNC(CCc1cccs1)C1(N(C)C)CCCC(C)C1. The van der Waals surface area contributed by atoms with E-state index < -0.39 is 0 Å². The normalized spacial score (nSPS) is 28.0. The van der Waals surface area contributed by atoms with Gasteiger partial charge in [0.15, 0.2) is 0 Å². The van der Waals surface area contributed by atoms with Crippen LogP contribution in [-0.4, -0.2) is 37.1 Å². The maximum Gasteiger partial charge on any atom is 0.0359 e. The lowest BCUT2D eigenvalue weighted by Gasteiger charge is -2.50. The van der Waals surface area contributed by atoms with E-state index in [-0.39, 0.29) is 0 Å². The zero-order valence-corrected chi connectivity index (χ0v) is 15.0. The molecule has 1 aromatic heterocycles. The van der Waals surface area contributed by atoms with Gasteiger partial charge < -0.3 is 10.2 Å². The van der Waals surface area contributed by atoms with Crippen LogP contribution in [0.25, 0.3) is 0 Å². The highest BCUT2D eigenvalue weighted by Gasteiger charge is 2.42. The van der Waals surface area contributed by atoms with Crippen LogP contribution in [0, 0.1) is 5.92 Å². The van der Waals surface area contributed by atoms with Gasteiger partial charge in [-0.3, -0.25) is 0 Å². The number of thiophene rings is 1. The Hall–Kier alpha value is -0.380. The van der Waals surface area contributed by atoms with Crippen LogP contribution in [0.1, 0.15) is 50.8 Å². The van der Waals surface area contributed by atoms with Gasteiger partial charge in [0.1, 0.15) is 0 Å². The maximum atomic E-state index is 3.82. The molecule has 21 heavy (non-hydrogen) atoms. The third kappa shape index (κ3) is 4.08. The summed E-state index contributed by atoms with van der Waals surface area (Å²) >= 11 is 1.90. The van der Waals surface area contributed by atoms with Crippen molar-refractivity contribution in [1.82, 2.24) is 10.2 Å². The molecule has 2 nitrogen and oxygen atoms in total. The van der Waals surface area contributed by atoms with Crippen LogP contribution in [0.15, 0.2) is 17.5 Å². The van der Waals surface area contributed by atoms with Gasteiger partial charge in [0.05, 0.1) is 0 Å². The molecule has 1 aliphatic carbocycles. The molecule has 3 unspecified atom stereocenters. The average Bonchev–Trinajstić information content (AvgIpc) is 2.96. The quantitative estimate of drug-likeness (QED) is 0.813. The van der Waals surface area contributed by atoms with E-state index in [4.69, 9.17) is 0 Å². The van der Waals surface area contributed by atoms with Gasteiger partial charge in [-0.2, -0.15) is 0 Å². The van der Waals surface area contributed by atoms with E-state index in [1.54, 1.807) is 0 Å². The molecule has 1 N–H and O–H groups in total. The molecule has 1 aromatic rings. The average molecular weight is 309 g/mol. The highest BCUT2D eigenvalue weighted by molar-refractivity contribution is 7.09. The first-order valence-electron chi connectivity index (χ1n) is 8.51. The highest BCUT2D eigenvalue weighted by atomic mass is 32.1. The number of hydrogen-bond acceptors (Lipinski definition) is 3. The molecule has 0 spiro atoms. The minimum atomic E-state index is 0.338. The first kappa shape index (κ1) is 17.0. The maximum absolute atomic E-state index is 3.82. The monoisotopic (exact) mass is 308 g/mol. The van der Waals surface area contributed by atoms with Crippen LogP contribution >= 0.6 is 11.3 Å². The zero-order chi connectivity index (χ0) is 15.3. The van der Waals surface area contributed by atoms with E-state index in [2.05, 4.69) is 55.7 Å². The number of nitrogens with one attached hydrogen (secondary N) is 1. The Balaban J connectivity index is 2.11. The second-order valence-corrected chi connectivity index (χ2v) is 7.96. The summed E-state index contributed by atoms with van der Waals surface area (Å²) in [6, 6.07) is 5.05. The smallest absolute Gasteiger partial charge is 0.0359 e. The van der Waals surface area contributed by atoms with Crippen LogP contribution in [0.2, 0.25) is 0 Å². The highest BCUT2D eigenvalue weighted by Crippen LogP contribution is 2.39. The molecule has 2 rings (SSSR count). The Morgan fingerprint density at radius 1 is 1.48 bits per heavy atom. The number of likely N-dealkylation sites (N-methyl/N-ethyl adjacent to an activating group) is 2. The summed E-state index contributed by atoms with van der Waals surface area (Å²) in [5, 5.41) is 6.02. The molecule has 0 aromatic carbocycles. The Labute approximate surface area is 134 Å². The molecule has 0 saturated heterocycles. The molecule has 0 amide bonds. The number of aryl methyl sites for hydroxylation is 1. The number of hydrogen-bond donors (Lipinski definition) is 1. The zero-order valence-electron chi connectivity index (χ0n) is 14.2. The van der Waals surface area contributed by atoms with Gasteiger partial charge in [-0.1, -0.05) is 32.8 Å². The summed E-state index contributed by atoms with van der Waals surface area (Å²) in [4.78, 5) is 4.04. The van der Waals surface area contributed by atoms with Crippen molar-refractivity contribution in [3.05, 3.63) is 22.4 Å². The molecule has 1 fully saturated rings. The Morgan fingerprint density at radius 2 is 2.29 bits per heavy atom. The molecular weight excluding hydrogens is 276 g/mol. The van der Waals surface area contributed by atoms with E-state index in [1.165, 1.54) is 43.4 Å². The largest absolute Gasteiger partial charge is 0.312 e. The summed E-state index contributed by atoms with van der Waals surface area (Å²) in [6.07, 6.45) is 7.91. The van der Waals surface area contributed by atoms with Crippen molar-refractivity contribution in [2.45, 2.75) is 64.0 Å². The molecule has 3 atom stereocenters. The van der Waals surface area contributed by atoms with Gasteiger partial charge in [0, 0.05) is 16.5 Å². The molecule has 0 aliphatic heterocycles. The second kappa shape index (κ2) is 7.75. The second-order valence-electron chi connectivity index (χ2n) is 6.93. The predicted octanol–water partition coefficient (Wildman–Crippen LogP) is 4.17. The third-order valence-corrected chi connectivity index (χ3v) is 6.19. The Bertz CT molecular complexity index is 401. The fraction of sp³-hybridized carbons (Fsp3) is 0.778. The minimum Gasteiger partial charge on any atom is -0.312 e. The third-order valence-electron chi connectivity index (χ3n) is 5.26. The van der Waals surface area contributed by atoms with E-state index in [0.29, 0.717) is 11.6 Å². The lowest BCUT2D eigenvalue weighted by Crippen LogP contribution is -2.61. The molecule has 1 aliphatic rings. The van der Waals surface area contributed by atoms with Gasteiger partial charge >= 0.3 is 0 Å². The fourth-order valence-electron chi connectivity index (χ4n) is 4.15. The van der Waals surface area contributed by atoms with Crippen LogP contribution in [0.5, 0.6) is 0 Å². The van der Waals surface area contributed by atoms with Gasteiger partial charge in [-0.25, -0.2) is 0 Å². The van der Waals surface area contributed by atoms with E-state index in [0.717, 1.165) is 12.5 Å². The van der Waals surface area contributed by atoms with Crippen LogP contribution in [-0.2, 0) is 6.42 Å². The van der Waals surface area contributed by atoms with Crippen LogP contribution in [0.3, 0.4) is 0 Å². The predicted molar refractivity (Wildman–Crippen MR) is 94.2 cm³/mol. The summed E-state index contributed by atoms with van der Waals surface area (Å²) < 4.78 is 0. The standard InChI is InChI=1S/C18H32N2S/c1-5-19-17(11-10-16-9-7-13-21-16)18(20(3)4)12-6-8-15(2)14-18/h7,9,13,15,17,19H,5-6,8,10-12,14H2,1-4H3. The molecule has 0 bridgehead atoms. The number of nitrogens with zero attached hydrogens (tertiary/aromatic N) is 1. The molecule has 1 heterocycles. The van der Waals surface area contributed by atoms with Crippen molar-refractivity contribution < 1.29 is 0 Å². The summed E-state index contributed by atoms with van der Waals surface area (Å²) in [6.45, 7) is 5.74. The van der Waals surface area contributed by atoms with Crippen molar-refractivity contribution >= 4 is 11.3 Å². The Kier molecular flexibility index (Phi) is 6.27. The summed E-state index contributed by atoms with van der Waals surface area (Å²) in [7, 11) is 4.57. The molecule has 0 radical (unpaired) electrons. The van der Waals surface area contributed by atoms with Crippen molar-refractivity contribution in [1.29, 1.82) is 0 Å². The van der Waals surface area contributed by atoms with E-state index in [1.807, 2.05) is 11.3 Å². The Morgan fingerprint density at radius 3 is 2.86 bits per heavy atom. The molecule has 3 heteroatoms. The van der Waals surface area contributed by atoms with Gasteiger partial charge in [0.25, 0.3) is 0 Å². The van der Waals surface area contributed by atoms with Crippen molar-refractivity contribution in [3.63, 3.8) is 0 Å². The molecular formula is C18H32N2S. The fourth-order valence-corrected chi connectivity index (χ4v) is 4.87. The van der Waals surface area contributed by atoms with Crippen LogP contribution < -0.4 is 5.32 Å². The lowest BCUT2D eigenvalue weighted by molar-refractivity contribution is 0.0350. The van der Waals surface area contributed by atoms with Crippen molar-refractivity contribution in [3.8, 4) is 0 Å². The van der Waals surface area contributed by atoms with E-state index >= 15 is 0 Å². The first-order chi connectivity index (χ1) is 10.1. The minimum absolute atomic E-state index is 0.338. The summed E-state index contributed by atoms with van der Waals surface area (Å²) in [5.74, 6) is 0.851. The van der Waals surface area contributed by atoms with E-state index in [9.17, 15) is 0 Å². The molecule has 1 saturated carbocycles. The van der Waals surface area contributed by atoms with Gasteiger partial charge in [-0.05, 0) is 63.7 Å². The number of rotatable bonds is 7. The van der Waals surface area contributed by atoms with Crippen molar-refractivity contribution in [2.24, 2.45) is 5.92 Å².